The summed E-state index contributed by atoms with van der Waals surface area (Å²) in [6.45, 7) is 0.728. The molecule has 0 aliphatic heterocycles. The van der Waals surface area contributed by atoms with E-state index in [1.807, 2.05) is 37.2 Å². The number of rotatable bonds is 8. The minimum atomic E-state index is -0.560. The molecule has 0 saturated carbocycles. The Labute approximate surface area is 164 Å². The highest BCUT2D eigenvalue weighted by Gasteiger charge is 2.16. The smallest absolute Gasteiger partial charge is 0.315 e. The van der Waals surface area contributed by atoms with Gasteiger partial charge in [0.1, 0.15) is 5.82 Å². The fraction of sp³-hybridized carbons (Fsp3) is 0.350. The number of aromatic nitrogens is 1. The third-order valence-corrected chi connectivity index (χ3v) is 4.36. The first kappa shape index (κ1) is 21.3. The number of nitrogens with one attached hydrogen (secondary N) is 3. The second-order valence-electron chi connectivity index (χ2n) is 6.60. The summed E-state index contributed by atoms with van der Waals surface area (Å²) in [5.74, 6) is -1.02. The first-order valence-electron chi connectivity index (χ1n) is 8.99. The van der Waals surface area contributed by atoms with Crippen molar-refractivity contribution in [2.75, 3.05) is 27.7 Å². The molecular weight excluding hydrogens is 361 g/mol. The topological polar surface area (TPSA) is 86.4 Å². The number of urea groups is 1. The van der Waals surface area contributed by atoms with Crippen molar-refractivity contribution in [2.24, 2.45) is 0 Å². The molecule has 7 nitrogen and oxygen atoms in total. The molecule has 3 amide bonds. The Morgan fingerprint density at radius 1 is 1.18 bits per heavy atom. The molecule has 28 heavy (non-hydrogen) atoms. The molecule has 1 aromatic carbocycles. The molecule has 150 valence electrons. The van der Waals surface area contributed by atoms with Crippen molar-refractivity contribution in [2.45, 2.75) is 19.0 Å². The van der Waals surface area contributed by atoms with Crippen LogP contribution in [-0.2, 0) is 13.0 Å². The van der Waals surface area contributed by atoms with Gasteiger partial charge in [-0.1, -0.05) is 12.1 Å². The lowest BCUT2D eigenvalue weighted by molar-refractivity contribution is 0.0959. The summed E-state index contributed by atoms with van der Waals surface area (Å²) in [5.41, 5.74) is 1.53. The van der Waals surface area contributed by atoms with Crippen molar-refractivity contribution in [1.82, 2.24) is 25.8 Å². The minimum Gasteiger partial charge on any atom is -0.355 e. The number of hydrogen-bond donors (Lipinski definition) is 3. The fourth-order valence-electron chi connectivity index (χ4n) is 2.66. The normalized spacial score (nSPS) is 11.8. The van der Waals surface area contributed by atoms with Crippen molar-refractivity contribution in [3.8, 4) is 0 Å². The van der Waals surface area contributed by atoms with Crippen LogP contribution in [0.5, 0.6) is 0 Å². The number of carbonyl (C=O) groups is 2. The first-order valence-corrected chi connectivity index (χ1v) is 8.99. The van der Waals surface area contributed by atoms with Gasteiger partial charge in [0, 0.05) is 25.8 Å². The van der Waals surface area contributed by atoms with Crippen molar-refractivity contribution in [3.63, 3.8) is 0 Å². The molecule has 0 fully saturated rings. The van der Waals surface area contributed by atoms with Gasteiger partial charge >= 0.3 is 6.03 Å². The van der Waals surface area contributed by atoms with Crippen molar-refractivity contribution >= 4 is 11.9 Å². The van der Waals surface area contributed by atoms with Crippen molar-refractivity contribution in [1.29, 1.82) is 0 Å². The zero-order chi connectivity index (χ0) is 20.5. The van der Waals surface area contributed by atoms with Gasteiger partial charge in [0.05, 0.1) is 17.8 Å². The highest BCUT2D eigenvalue weighted by molar-refractivity contribution is 5.94. The molecule has 0 aliphatic rings. The summed E-state index contributed by atoms with van der Waals surface area (Å²) in [6, 6.07) is 9.74. The second kappa shape index (κ2) is 10.4. The van der Waals surface area contributed by atoms with E-state index < -0.39 is 11.7 Å². The zero-order valence-electron chi connectivity index (χ0n) is 16.3. The minimum absolute atomic E-state index is 0.0136. The van der Waals surface area contributed by atoms with Crippen LogP contribution in [0.4, 0.5) is 9.18 Å². The van der Waals surface area contributed by atoms with Crippen LogP contribution < -0.4 is 16.0 Å². The van der Waals surface area contributed by atoms with E-state index in [1.165, 1.54) is 19.2 Å². The monoisotopic (exact) mass is 387 g/mol. The van der Waals surface area contributed by atoms with E-state index in [0.29, 0.717) is 19.5 Å². The lowest BCUT2D eigenvalue weighted by atomic mass is 10.0. The van der Waals surface area contributed by atoms with Gasteiger partial charge in [0.2, 0.25) is 0 Å². The Morgan fingerprint density at radius 2 is 1.96 bits per heavy atom. The number of pyridine rings is 1. The first-order chi connectivity index (χ1) is 13.4. The Kier molecular flexibility index (Phi) is 7.88. The molecule has 1 atom stereocenters. The summed E-state index contributed by atoms with van der Waals surface area (Å²) in [4.78, 5) is 29.7. The molecule has 2 aromatic rings. The lowest BCUT2D eigenvalue weighted by Gasteiger charge is -2.25. The second-order valence-corrected chi connectivity index (χ2v) is 6.60. The van der Waals surface area contributed by atoms with E-state index in [9.17, 15) is 14.0 Å². The van der Waals surface area contributed by atoms with Crippen LogP contribution in [0.25, 0.3) is 0 Å². The summed E-state index contributed by atoms with van der Waals surface area (Å²) < 4.78 is 14.2. The molecule has 0 radical (unpaired) electrons. The van der Waals surface area contributed by atoms with Crippen LogP contribution >= 0.6 is 0 Å². The molecule has 2 rings (SSSR count). The van der Waals surface area contributed by atoms with E-state index in [2.05, 4.69) is 20.9 Å². The average molecular weight is 387 g/mol. The molecule has 0 spiro atoms. The third-order valence-electron chi connectivity index (χ3n) is 4.36. The summed E-state index contributed by atoms with van der Waals surface area (Å²) >= 11 is 0. The van der Waals surface area contributed by atoms with E-state index in [-0.39, 0.29) is 17.6 Å². The van der Waals surface area contributed by atoms with Crippen LogP contribution in [0.3, 0.4) is 0 Å². The van der Waals surface area contributed by atoms with Gasteiger partial charge in [-0.05, 0) is 50.3 Å². The quantitative estimate of drug-likeness (QED) is 0.642. The highest BCUT2D eigenvalue weighted by atomic mass is 19.1. The zero-order valence-corrected chi connectivity index (χ0v) is 16.3. The molecular formula is C20H26FN5O2. The third kappa shape index (κ3) is 6.31. The Morgan fingerprint density at radius 3 is 2.57 bits per heavy atom. The molecule has 0 bridgehead atoms. The standard InChI is InChI=1S/C20H26FN5O2/c1-22-19(27)17-8-7-14(11-18(17)21)10-16(26(2)3)13-25-20(28)24-12-15-6-4-5-9-23-15/h4-9,11,16H,10,12-13H2,1-3H3,(H,22,27)(H2,24,25,28). The predicted molar refractivity (Wildman–Crippen MR) is 105 cm³/mol. The van der Waals surface area contributed by atoms with E-state index >= 15 is 0 Å². The maximum atomic E-state index is 14.2. The SMILES string of the molecule is CNC(=O)c1ccc(CC(CNC(=O)NCc2ccccn2)N(C)C)cc1F. The van der Waals surface area contributed by atoms with E-state index in [0.717, 1.165) is 11.3 Å². The highest BCUT2D eigenvalue weighted by Crippen LogP contribution is 2.13. The van der Waals surface area contributed by atoms with Gasteiger partial charge < -0.3 is 20.9 Å². The molecule has 0 aliphatic carbocycles. The number of amides is 3. The summed E-state index contributed by atoms with van der Waals surface area (Å²) in [5, 5.41) is 8.00. The van der Waals surface area contributed by atoms with Gasteiger partial charge in [-0.15, -0.1) is 0 Å². The summed E-state index contributed by atoms with van der Waals surface area (Å²) in [7, 11) is 5.25. The van der Waals surface area contributed by atoms with Crippen LogP contribution in [0.15, 0.2) is 42.6 Å². The van der Waals surface area contributed by atoms with Crippen LogP contribution in [0.2, 0.25) is 0 Å². The van der Waals surface area contributed by atoms with Crippen LogP contribution in [0.1, 0.15) is 21.6 Å². The van der Waals surface area contributed by atoms with Crippen molar-refractivity contribution in [3.05, 3.63) is 65.2 Å². The van der Waals surface area contributed by atoms with Crippen LogP contribution in [0, 0.1) is 5.82 Å². The fourth-order valence-corrected chi connectivity index (χ4v) is 2.66. The Bertz CT molecular complexity index is 798. The van der Waals surface area contributed by atoms with Gasteiger partial charge in [-0.25, -0.2) is 9.18 Å². The lowest BCUT2D eigenvalue weighted by Crippen LogP contribution is -2.45. The van der Waals surface area contributed by atoms with Crippen LogP contribution in [-0.4, -0.2) is 55.6 Å². The van der Waals surface area contributed by atoms with Gasteiger partial charge in [0.25, 0.3) is 5.91 Å². The molecule has 3 N–H and O–H groups in total. The largest absolute Gasteiger partial charge is 0.355 e. The maximum absolute atomic E-state index is 14.2. The molecule has 1 unspecified atom stereocenters. The number of benzene rings is 1. The number of likely N-dealkylation sites (N-methyl/N-ethyl adjacent to an activating group) is 1. The maximum Gasteiger partial charge on any atom is 0.315 e. The Balaban J connectivity index is 1.90. The number of halogens is 1. The molecule has 1 aromatic heterocycles. The molecule has 1 heterocycles. The van der Waals surface area contributed by atoms with E-state index in [4.69, 9.17) is 0 Å². The van der Waals surface area contributed by atoms with Gasteiger partial charge in [-0.2, -0.15) is 0 Å². The number of hydrogen-bond acceptors (Lipinski definition) is 4. The Hall–Kier alpha value is -3.00. The molecule has 0 saturated heterocycles. The van der Waals surface area contributed by atoms with Crippen molar-refractivity contribution < 1.29 is 14.0 Å². The van der Waals surface area contributed by atoms with Gasteiger partial charge in [0.15, 0.2) is 0 Å². The number of nitrogens with zero attached hydrogens (tertiary/aromatic N) is 2. The predicted octanol–water partition coefficient (Wildman–Crippen LogP) is 1.55. The number of carbonyl (C=O) groups excluding carboxylic acids is 2. The average Bonchev–Trinajstić information content (AvgIpc) is 2.69. The van der Waals surface area contributed by atoms with Gasteiger partial charge in [-0.3, -0.25) is 9.78 Å². The molecule has 8 heteroatoms. The summed E-state index contributed by atoms with van der Waals surface area (Å²) in [6.07, 6.45) is 2.20. The van der Waals surface area contributed by atoms with E-state index in [1.54, 1.807) is 12.3 Å².